The Morgan fingerprint density at radius 3 is 2.15 bits per heavy atom. The summed E-state index contributed by atoms with van der Waals surface area (Å²) >= 11 is 0. The summed E-state index contributed by atoms with van der Waals surface area (Å²) in [6.45, 7) is -0.637. The van der Waals surface area contributed by atoms with Crippen LogP contribution in [0.1, 0.15) is 61.9 Å². The van der Waals surface area contributed by atoms with Gasteiger partial charge in [0.1, 0.15) is 35.9 Å². The van der Waals surface area contributed by atoms with Crippen LogP contribution in [0, 0.1) is 0 Å². The van der Waals surface area contributed by atoms with Gasteiger partial charge in [0.2, 0.25) is 0 Å². The zero-order valence-corrected chi connectivity index (χ0v) is 17.9. The molecule has 1 aliphatic heterocycles. The van der Waals surface area contributed by atoms with Crippen molar-refractivity contribution in [2.75, 3.05) is 6.61 Å². The molecule has 0 amide bonds. The van der Waals surface area contributed by atoms with Gasteiger partial charge in [-0.3, -0.25) is 9.59 Å². The molecular weight excluding hydrogens is 448 g/mol. The van der Waals surface area contributed by atoms with Gasteiger partial charge in [0.15, 0.2) is 17.9 Å². The summed E-state index contributed by atoms with van der Waals surface area (Å²) in [7, 11) is 0. The molecule has 2 aromatic rings. The van der Waals surface area contributed by atoms with Crippen LogP contribution in [0.2, 0.25) is 0 Å². The predicted octanol–water partition coefficient (Wildman–Crippen LogP) is 0.0671. The molecule has 0 unspecified atom stereocenters. The second-order valence-corrected chi connectivity index (χ2v) is 8.76. The zero-order valence-electron chi connectivity index (χ0n) is 17.9. The molecular formula is C24H24O10. The van der Waals surface area contributed by atoms with E-state index in [0.717, 1.165) is 0 Å². The van der Waals surface area contributed by atoms with Crippen LogP contribution < -0.4 is 0 Å². The summed E-state index contributed by atoms with van der Waals surface area (Å²) in [4.78, 5) is 26.3. The van der Waals surface area contributed by atoms with Crippen molar-refractivity contribution in [3.8, 4) is 11.5 Å². The Kier molecular flexibility index (Phi) is 5.67. The van der Waals surface area contributed by atoms with Crippen molar-refractivity contribution in [3.05, 3.63) is 57.6 Å². The number of carbonyl (C=O) groups excluding carboxylic acids is 2. The quantitative estimate of drug-likeness (QED) is 0.286. The molecule has 10 nitrogen and oxygen atoms in total. The highest BCUT2D eigenvalue weighted by Crippen LogP contribution is 2.49. The van der Waals surface area contributed by atoms with E-state index >= 15 is 0 Å². The maximum absolute atomic E-state index is 13.2. The molecule has 0 radical (unpaired) electrons. The first-order chi connectivity index (χ1) is 16.3. The Balaban J connectivity index is 1.58. The topological polar surface area (TPSA) is 174 Å². The second-order valence-electron chi connectivity index (χ2n) is 8.76. The van der Waals surface area contributed by atoms with Crippen molar-refractivity contribution >= 4 is 11.6 Å². The molecule has 0 bridgehead atoms. The van der Waals surface area contributed by atoms with Crippen LogP contribution in [-0.2, 0) is 15.9 Å². The Labute approximate surface area is 193 Å². The number of benzene rings is 2. The fourth-order valence-corrected chi connectivity index (χ4v) is 5.07. The number of rotatable bonds is 3. The van der Waals surface area contributed by atoms with Crippen LogP contribution >= 0.6 is 0 Å². The number of aliphatic hydroxyl groups excluding tert-OH is 4. The number of phenols is 2. The molecule has 5 rings (SSSR count). The van der Waals surface area contributed by atoms with Crippen LogP contribution in [0.5, 0.6) is 11.5 Å². The Bertz CT molecular complexity index is 1170. The van der Waals surface area contributed by atoms with Gasteiger partial charge in [-0.05, 0) is 19.3 Å². The lowest BCUT2D eigenvalue weighted by molar-refractivity contribution is -0.313. The lowest BCUT2D eigenvalue weighted by Crippen LogP contribution is -2.59. The third-order valence-corrected chi connectivity index (χ3v) is 6.82. The average molecular weight is 472 g/mol. The maximum Gasteiger partial charge on any atom is 0.198 e. The van der Waals surface area contributed by atoms with E-state index in [4.69, 9.17) is 9.47 Å². The SMILES string of the molecule is O=C1c2ccccc2C(=O)c2c(O)c3c(c(O)c21)CCC[C@H]3O[C@H]1O[C@@H](CO)[C@@H](O)[C@@H](O)[C@H]1O. The zero-order chi connectivity index (χ0) is 24.3. The summed E-state index contributed by atoms with van der Waals surface area (Å²) < 4.78 is 11.3. The van der Waals surface area contributed by atoms with Gasteiger partial charge in [-0.15, -0.1) is 0 Å². The number of phenolic OH excluding ortho intramolecular Hbond substituents is 2. The highest BCUT2D eigenvalue weighted by Gasteiger charge is 2.46. The molecule has 10 heteroatoms. The lowest BCUT2D eigenvalue weighted by atomic mass is 9.77. The van der Waals surface area contributed by atoms with Crippen molar-refractivity contribution in [3.63, 3.8) is 0 Å². The van der Waals surface area contributed by atoms with E-state index in [1.165, 1.54) is 12.1 Å². The normalized spacial score (nSPS) is 30.5. The molecule has 1 saturated heterocycles. The van der Waals surface area contributed by atoms with E-state index in [1.54, 1.807) is 12.1 Å². The third kappa shape index (κ3) is 3.26. The number of aliphatic hydroxyl groups is 4. The van der Waals surface area contributed by atoms with Crippen LogP contribution in [0.25, 0.3) is 0 Å². The predicted molar refractivity (Wildman–Crippen MR) is 114 cm³/mol. The highest BCUT2D eigenvalue weighted by atomic mass is 16.7. The number of hydrogen-bond donors (Lipinski definition) is 6. The fraction of sp³-hybridized carbons (Fsp3) is 0.417. The van der Waals surface area contributed by atoms with Crippen LogP contribution in [0.15, 0.2) is 24.3 Å². The Morgan fingerprint density at radius 1 is 0.912 bits per heavy atom. The van der Waals surface area contributed by atoms with Crippen molar-refractivity contribution in [1.29, 1.82) is 0 Å². The van der Waals surface area contributed by atoms with Crippen LogP contribution in [-0.4, -0.2) is 79.5 Å². The first-order valence-electron chi connectivity index (χ1n) is 11.0. The molecule has 6 atom stereocenters. The monoisotopic (exact) mass is 472 g/mol. The number of ketones is 2. The summed E-state index contributed by atoms with van der Waals surface area (Å²) in [6.07, 6.45) is -7.40. The molecule has 0 saturated carbocycles. The van der Waals surface area contributed by atoms with Gasteiger partial charge in [-0.1, -0.05) is 24.3 Å². The molecule has 1 heterocycles. The van der Waals surface area contributed by atoms with E-state index in [1.807, 2.05) is 0 Å². The van der Waals surface area contributed by atoms with Gasteiger partial charge in [-0.2, -0.15) is 0 Å². The minimum atomic E-state index is -1.66. The van der Waals surface area contributed by atoms with Crippen molar-refractivity contribution in [2.24, 2.45) is 0 Å². The van der Waals surface area contributed by atoms with E-state index in [9.17, 15) is 40.2 Å². The summed E-state index contributed by atoms with van der Waals surface area (Å²) in [5.74, 6) is -2.08. The van der Waals surface area contributed by atoms with E-state index in [-0.39, 0.29) is 33.4 Å². The molecule has 180 valence electrons. The molecule has 0 spiro atoms. The molecule has 3 aliphatic rings. The van der Waals surface area contributed by atoms with Gasteiger partial charge in [0, 0.05) is 22.3 Å². The van der Waals surface area contributed by atoms with E-state index in [0.29, 0.717) is 19.3 Å². The molecule has 1 fully saturated rings. The van der Waals surface area contributed by atoms with Gasteiger partial charge < -0.3 is 40.1 Å². The number of aromatic hydroxyl groups is 2. The maximum atomic E-state index is 13.2. The lowest BCUT2D eigenvalue weighted by Gasteiger charge is -2.41. The minimum absolute atomic E-state index is 0.0972. The average Bonchev–Trinajstić information content (AvgIpc) is 2.85. The van der Waals surface area contributed by atoms with Crippen LogP contribution in [0.3, 0.4) is 0 Å². The number of hydrogen-bond acceptors (Lipinski definition) is 10. The standard InChI is InChI=1S/C24H24O10/c25-8-13-20(29)22(31)23(32)24(34-13)33-12-7-3-6-11-14(12)21(30)16-15(19(11)28)17(26)9-4-1-2-5-10(9)18(16)27/h1-2,4-5,12-13,20,22-25,28-32H,3,6-8H2/t12-,13+,20-,22-,23-,24+/m1/s1. The largest absolute Gasteiger partial charge is 0.507 e. The van der Waals surface area contributed by atoms with Crippen molar-refractivity contribution in [2.45, 2.75) is 56.1 Å². The fourth-order valence-electron chi connectivity index (χ4n) is 5.07. The summed E-state index contributed by atoms with van der Waals surface area (Å²) in [5, 5.41) is 62.0. The molecule has 2 aromatic carbocycles. The smallest absolute Gasteiger partial charge is 0.198 e. The molecule has 6 N–H and O–H groups in total. The van der Waals surface area contributed by atoms with Gasteiger partial charge in [0.05, 0.1) is 23.8 Å². The molecule has 0 aromatic heterocycles. The van der Waals surface area contributed by atoms with Crippen molar-refractivity contribution < 1.29 is 49.7 Å². The number of fused-ring (bicyclic) bond motifs is 3. The first kappa shape index (κ1) is 22.9. The first-order valence-corrected chi connectivity index (χ1v) is 11.0. The summed E-state index contributed by atoms with van der Waals surface area (Å²) in [5.41, 5.74) is 0.0201. The third-order valence-electron chi connectivity index (χ3n) is 6.82. The molecule has 2 aliphatic carbocycles. The van der Waals surface area contributed by atoms with Crippen molar-refractivity contribution in [1.82, 2.24) is 0 Å². The minimum Gasteiger partial charge on any atom is -0.507 e. The number of ether oxygens (including phenoxy) is 2. The highest BCUT2D eigenvalue weighted by molar-refractivity contribution is 6.30. The number of carbonyl (C=O) groups is 2. The van der Waals surface area contributed by atoms with Crippen LogP contribution in [0.4, 0.5) is 0 Å². The van der Waals surface area contributed by atoms with Gasteiger partial charge in [-0.25, -0.2) is 0 Å². The molecule has 34 heavy (non-hydrogen) atoms. The second kappa shape index (κ2) is 8.42. The van der Waals surface area contributed by atoms with E-state index < -0.39 is 66.5 Å². The van der Waals surface area contributed by atoms with Gasteiger partial charge >= 0.3 is 0 Å². The summed E-state index contributed by atoms with van der Waals surface area (Å²) in [6, 6.07) is 6.15. The Morgan fingerprint density at radius 2 is 1.53 bits per heavy atom. The Hall–Kier alpha value is -2.86. The van der Waals surface area contributed by atoms with E-state index in [2.05, 4.69) is 0 Å². The van der Waals surface area contributed by atoms with Gasteiger partial charge in [0.25, 0.3) is 0 Å².